The molecule has 0 bridgehead atoms. The van der Waals surface area contributed by atoms with Crippen molar-refractivity contribution in [3.05, 3.63) is 65.9 Å². The van der Waals surface area contributed by atoms with E-state index in [1.54, 1.807) is 12.3 Å². The number of amides is 1. The number of rotatable bonds is 3. The van der Waals surface area contributed by atoms with Gasteiger partial charge in [-0.25, -0.2) is 0 Å². The van der Waals surface area contributed by atoms with E-state index < -0.39 is 0 Å². The number of benzene rings is 2. The van der Waals surface area contributed by atoms with Gasteiger partial charge in [-0.3, -0.25) is 9.78 Å². The second kappa shape index (κ2) is 6.43. The summed E-state index contributed by atoms with van der Waals surface area (Å²) >= 11 is 0. The number of nitrogens with one attached hydrogen (secondary N) is 1. The summed E-state index contributed by atoms with van der Waals surface area (Å²) in [6, 6.07) is 15.0. The number of nitrogens with zero attached hydrogens (tertiary/aromatic N) is 1. The summed E-state index contributed by atoms with van der Waals surface area (Å²) < 4.78 is 11.2. The van der Waals surface area contributed by atoms with Gasteiger partial charge in [-0.1, -0.05) is 24.3 Å². The van der Waals surface area contributed by atoms with Crippen molar-refractivity contribution in [2.75, 3.05) is 13.2 Å². The van der Waals surface area contributed by atoms with Crippen molar-refractivity contribution >= 4 is 16.8 Å². The highest BCUT2D eigenvalue weighted by Crippen LogP contribution is 2.32. The maximum atomic E-state index is 12.7. The zero-order chi connectivity index (χ0) is 17.2. The van der Waals surface area contributed by atoms with Gasteiger partial charge in [0.1, 0.15) is 13.2 Å². The Morgan fingerprint density at radius 2 is 1.88 bits per heavy atom. The highest BCUT2D eigenvalue weighted by Gasteiger charge is 2.17. The molecular weight excluding hydrogens is 316 g/mol. The number of aromatic nitrogens is 1. The van der Waals surface area contributed by atoms with Crippen LogP contribution < -0.4 is 14.8 Å². The van der Waals surface area contributed by atoms with E-state index in [0.717, 1.165) is 28.0 Å². The molecule has 1 atom stereocenters. The lowest BCUT2D eigenvalue weighted by Gasteiger charge is -2.21. The van der Waals surface area contributed by atoms with E-state index in [2.05, 4.69) is 10.3 Å². The van der Waals surface area contributed by atoms with Crippen molar-refractivity contribution in [3.8, 4) is 11.5 Å². The Kier molecular flexibility index (Phi) is 3.98. The molecule has 4 rings (SSSR count). The summed E-state index contributed by atoms with van der Waals surface area (Å²) in [5.74, 6) is 1.34. The normalized spacial score (nSPS) is 14.1. The lowest BCUT2D eigenvalue weighted by atomic mass is 10.1. The van der Waals surface area contributed by atoms with Crippen LogP contribution in [-0.2, 0) is 0 Å². The summed E-state index contributed by atoms with van der Waals surface area (Å²) in [6.45, 7) is 3.06. The molecule has 1 unspecified atom stereocenters. The van der Waals surface area contributed by atoms with Crippen molar-refractivity contribution in [1.29, 1.82) is 0 Å². The smallest absolute Gasteiger partial charge is 0.252 e. The number of fused-ring (bicyclic) bond motifs is 2. The molecule has 1 aliphatic rings. The average molecular weight is 334 g/mol. The van der Waals surface area contributed by atoms with Crippen LogP contribution in [0.2, 0.25) is 0 Å². The Labute approximate surface area is 145 Å². The third kappa shape index (κ3) is 3.01. The van der Waals surface area contributed by atoms with Crippen LogP contribution in [0.25, 0.3) is 10.9 Å². The Balaban J connectivity index is 1.58. The second-order valence-corrected chi connectivity index (χ2v) is 5.97. The van der Waals surface area contributed by atoms with Crippen LogP contribution in [0.5, 0.6) is 11.5 Å². The lowest BCUT2D eigenvalue weighted by Crippen LogP contribution is -2.27. The summed E-state index contributed by atoms with van der Waals surface area (Å²) in [6.07, 6.45) is 1.66. The van der Waals surface area contributed by atoms with Crippen LogP contribution in [0.15, 0.2) is 54.7 Å². The highest BCUT2D eigenvalue weighted by molar-refractivity contribution is 6.06. The summed E-state index contributed by atoms with van der Waals surface area (Å²) in [7, 11) is 0. The monoisotopic (exact) mass is 334 g/mol. The third-order valence-electron chi connectivity index (χ3n) is 4.31. The first kappa shape index (κ1) is 15.4. The Morgan fingerprint density at radius 1 is 1.08 bits per heavy atom. The van der Waals surface area contributed by atoms with E-state index in [1.807, 2.05) is 49.4 Å². The fourth-order valence-electron chi connectivity index (χ4n) is 2.98. The zero-order valence-corrected chi connectivity index (χ0v) is 13.9. The predicted octanol–water partition coefficient (Wildman–Crippen LogP) is 3.50. The van der Waals surface area contributed by atoms with Crippen molar-refractivity contribution < 1.29 is 14.3 Å². The molecule has 2 heterocycles. The number of ether oxygens (including phenoxy) is 2. The molecule has 25 heavy (non-hydrogen) atoms. The van der Waals surface area contributed by atoms with Crippen molar-refractivity contribution in [2.24, 2.45) is 0 Å². The van der Waals surface area contributed by atoms with Crippen LogP contribution in [0.3, 0.4) is 0 Å². The number of hydrogen-bond donors (Lipinski definition) is 1. The molecule has 0 saturated carbocycles. The van der Waals surface area contributed by atoms with Gasteiger partial charge < -0.3 is 14.8 Å². The van der Waals surface area contributed by atoms with Crippen LogP contribution >= 0.6 is 0 Å². The molecule has 126 valence electrons. The average Bonchev–Trinajstić information content (AvgIpc) is 2.67. The number of hydrogen-bond acceptors (Lipinski definition) is 4. The van der Waals surface area contributed by atoms with Crippen LogP contribution in [0, 0.1) is 0 Å². The Hall–Kier alpha value is -3.08. The first-order chi connectivity index (χ1) is 12.2. The molecule has 1 N–H and O–H groups in total. The minimum absolute atomic E-state index is 0.124. The van der Waals surface area contributed by atoms with Crippen LogP contribution in [-0.4, -0.2) is 24.1 Å². The van der Waals surface area contributed by atoms with E-state index in [1.165, 1.54) is 0 Å². The first-order valence-electron chi connectivity index (χ1n) is 8.26. The molecule has 1 aromatic heterocycles. The number of para-hydroxylation sites is 1. The molecule has 2 aromatic carbocycles. The molecule has 3 aromatic rings. The molecule has 0 aliphatic carbocycles. The van der Waals surface area contributed by atoms with Gasteiger partial charge in [0.15, 0.2) is 11.5 Å². The summed E-state index contributed by atoms with van der Waals surface area (Å²) in [4.78, 5) is 17.0. The van der Waals surface area contributed by atoms with E-state index in [4.69, 9.17) is 9.47 Å². The maximum absolute atomic E-state index is 12.7. The number of pyridine rings is 1. The summed E-state index contributed by atoms with van der Waals surface area (Å²) in [5.41, 5.74) is 2.40. The zero-order valence-electron chi connectivity index (χ0n) is 13.9. The van der Waals surface area contributed by atoms with Gasteiger partial charge in [0.05, 0.1) is 17.1 Å². The number of carbonyl (C=O) groups is 1. The molecule has 1 aliphatic heterocycles. The largest absolute Gasteiger partial charge is 0.486 e. The van der Waals surface area contributed by atoms with E-state index >= 15 is 0 Å². The van der Waals surface area contributed by atoms with Gasteiger partial charge in [0.25, 0.3) is 5.91 Å². The molecule has 0 radical (unpaired) electrons. The molecule has 5 heteroatoms. The molecule has 0 saturated heterocycles. The van der Waals surface area contributed by atoms with Gasteiger partial charge in [-0.05, 0) is 36.8 Å². The van der Waals surface area contributed by atoms with Crippen molar-refractivity contribution in [2.45, 2.75) is 13.0 Å². The van der Waals surface area contributed by atoms with Crippen LogP contribution in [0.4, 0.5) is 0 Å². The second-order valence-electron chi connectivity index (χ2n) is 5.97. The topological polar surface area (TPSA) is 60.5 Å². The van der Waals surface area contributed by atoms with Gasteiger partial charge in [-0.2, -0.15) is 0 Å². The van der Waals surface area contributed by atoms with Crippen LogP contribution in [0.1, 0.15) is 28.9 Å². The molecule has 1 amide bonds. The van der Waals surface area contributed by atoms with Crippen molar-refractivity contribution in [3.63, 3.8) is 0 Å². The minimum Gasteiger partial charge on any atom is -0.486 e. The highest BCUT2D eigenvalue weighted by atomic mass is 16.6. The van der Waals surface area contributed by atoms with E-state index in [-0.39, 0.29) is 11.9 Å². The SMILES string of the molecule is CC(NC(=O)c1ccnc2ccccc12)c1ccc2c(c1)OCCO2. The quantitative estimate of drug-likeness (QED) is 0.796. The van der Waals surface area contributed by atoms with E-state index in [9.17, 15) is 4.79 Å². The molecule has 5 nitrogen and oxygen atoms in total. The van der Waals surface area contributed by atoms with Gasteiger partial charge >= 0.3 is 0 Å². The third-order valence-corrected chi connectivity index (χ3v) is 4.31. The Bertz CT molecular complexity index is 934. The van der Waals surface area contributed by atoms with Gasteiger partial charge in [0.2, 0.25) is 0 Å². The molecular formula is C20H18N2O3. The lowest BCUT2D eigenvalue weighted by molar-refractivity contribution is 0.0941. The minimum atomic E-state index is -0.157. The van der Waals surface area contributed by atoms with E-state index in [0.29, 0.717) is 18.8 Å². The maximum Gasteiger partial charge on any atom is 0.252 e. The standard InChI is InChI=1S/C20H18N2O3/c1-13(14-6-7-18-19(12-14)25-11-10-24-18)22-20(23)16-8-9-21-17-5-3-2-4-15(16)17/h2-9,12-13H,10-11H2,1H3,(H,22,23). The predicted molar refractivity (Wildman–Crippen MR) is 95.1 cm³/mol. The fraction of sp³-hybridized carbons (Fsp3) is 0.200. The van der Waals surface area contributed by atoms with Gasteiger partial charge in [-0.15, -0.1) is 0 Å². The molecule has 0 spiro atoms. The van der Waals surface area contributed by atoms with Gasteiger partial charge in [0, 0.05) is 11.6 Å². The fourth-order valence-corrected chi connectivity index (χ4v) is 2.98. The first-order valence-corrected chi connectivity index (χ1v) is 8.26. The summed E-state index contributed by atoms with van der Waals surface area (Å²) in [5, 5.41) is 3.89. The Morgan fingerprint density at radius 3 is 2.76 bits per heavy atom. The molecule has 0 fully saturated rings. The number of carbonyl (C=O) groups excluding carboxylic acids is 1. The van der Waals surface area contributed by atoms with Crippen molar-refractivity contribution in [1.82, 2.24) is 10.3 Å².